The Labute approximate surface area is 171 Å². The molecule has 0 unspecified atom stereocenters. The van der Waals surface area contributed by atoms with Gasteiger partial charge >= 0.3 is 0 Å². The second-order valence-corrected chi connectivity index (χ2v) is 9.38. The number of amides is 1. The number of sulfonamides is 1. The van der Waals surface area contributed by atoms with E-state index in [2.05, 4.69) is 20.2 Å². The molecule has 0 saturated heterocycles. The second kappa shape index (κ2) is 9.76. The number of hydrogen-bond acceptors (Lipinski definition) is 7. The van der Waals surface area contributed by atoms with Crippen molar-refractivity contribution in [3.05, 3.63) is 33.8 Å². The lowest BCUT2D eigenvalue weighted by Crippen LogP contribution is -2.25. The zero-order valence-corrected chi connectivity index (χ0v) is 17.7. The van der Waals surface area contributed by atoms with Gasteiger partial charge in [0, 0.05) is 18.2 Å². The fraction of sp³-hybridized carbons (Fsp3) is 0.400. The number of nitrogens with one attached hydrogen (secondary N) is 2. The van der Waals surface area contributed by atoms with E-state index in [0.717, 1.165) is 11.3 Å². The van der Waals surface area contributed by atoms with Gasteiger partial charge in [-0.1, -0.05) is 34.5 Å². The minimum atomic E-state index is -3.81. The van der Waals surface area contributed by atoms with Crippen molar-refractivity contribution in [2.75, 3.05) is 18.5 Å². The minimum Gasteiger partial charge on any atom is -0.379 e. The Morgan fingerprint density at radius 3 is 2.70 bits per heavy atom. The number of nitrogens with zero attached hydrogens (tertiary/aromatic N) is 2. The molecule has 1 aromatic carbocycles. The number of hydrogen-bond donors (Lipinski definition) is 2. The Kier molecular flexibility index (Phi) is 7.95. The van der Waals surface area contributed by atoms with Crippen LogP contribution in [-0.4, -0.2) is 43.8 Å². The van der Waals surface area contributed by atoms with Crippen LogP contribution in [0.4, 0.5) is 5.13 Å². The molecule has 2 N–H and O–H groups in total. The highest BCUT2D eigenvalue weighted by Crippen LogP contribution is 2.24. The SMILES string of the molecule is CC(C)OCCCNS(=O)(=O)c1nnc(NC(=O)c2ccc(Cl)cc2Cl)s1. The minimum absolute atomic E-state index is 0.0366. The smallest absolute Gasteiger partial charge is 0.269 e. The monoisotopic (exact) mass is 452 g/mol. The van der Waals surface area contributed by atoms with E-state index in [4.69, 9.17) is 27.9 Å². The van der Waals surface area contributed by atoms with Crippen molar-refractivity contribution in [1.29, 1.82) is 0 Å². The summed E-state index contributed by atoms with van der Waals surface area (Å²) >= 11 is 12.5. The predicted molar refractivity (Wildman–Crippen MR) is 105 cm³/mol. The van der Waals surface area contributed by atoms with Crippen molar-refractivity contribution in [2.45, 2.75) is 30.7 Å². The van der Waals surface area contributed by atoms with Crippen LogP contribution in [-0.2, 0) is 14.8 Å². The summed E-state index contributed by atoms with van der Waals surface area (Å²) in [5.74, 6) is -0.546. The third-order valence-electron chi connectivity index (χ3n) is 3.10. The number of benzene rings is 1. The highest BCUT2D eigenvalue weighted by atomic mass is 35.5. The van der Waals surface area contributed by atoms with Gasteiger partial charge < -0.3 is 4.74 Å². The molecule has 0 aliphatic carbocycles. The van der Waals surface area contributed by atoms with Crippen molar-refractivity contribution in [3.63, 3.8) is 0 Å². The number of ether oxygens (including phenoxy) is 1. The first-order valence-electron chi connectivity index (χ1n) is 7.90. The Morgan fingerprint density at radius 1 is 1.30 bits per heavy atom. The quantitative estimate of drug-likeness (QED) is 0.446. The summed E-state index contributed by atoms with van der Waals surface area (Å²) in [6.45, 7) is 4.45. The van der Waals surface area contributed by atoms with Crippen molar-refractivity contribution >= 4 is 55.6 Å². The van der Waals surface area contributed by atoms with Crippen LogP contribution in [0.5, 0.6) is 0 Å². The second-order valence-electron chi connectivity index (χ2n) is 5.62. The normalized spacial score (nSPS) is 11.7. The van der Waals surface area contributed by atoms with Crippen LogP contribution in [0, 0.1) is 0 Å². The molecule has 12 heteroatoms. The first-order valence-corrected chi connectivity index (χ1v) is 11.0. The predicted octanol–water partition coefficient (Wildman–Crippen LogP) is 3.19. The van der Waals surface area contributed by atoms with Gasteiger partial charge in [0.25, 0.3) is 15.9 Å². The number of carbonyl (C=O) groups excluding carboxylic acids is 1. The van der Waals surface area contributed by atoms with E-state index in [-0.39, 0.29) is 32.7 Å². The van der Waals surface area contributed by atoms with E-state index in [1.807, 2.05) is 13.8 Å². The van der Waals surface area contributed by atoms with Gasteiger partial charge in [-0.2, -0.15) is 0 Å². The lowest BCUT2D eigenvalue weighted by atomic mass is 10.2. The van der Waals surface area contributed by atoms with Gasteiger partial charge in [-0.25, -0.2) is 13.1 Å². The summed E-state index contributed by atoms with van der Waals surface area (Å²) in [7, 11) is -3.81. The number of carbonyl (C=O) groups is 1. The van der Waals surface area contributed by atoms with Gasteiger partial charge in [0.2, 0.25) is 9.47 Å². The molecule has 1 aromatic heterocycles. The number of anilines is 1. The Balaban J connectivity index is 1.95. The molecular weight excluding hydrogens is 435 g/mol. The van der Waals surface area contributed by atoms with Crippen LogP contribution in [0.2, 0.25) is 10.0 Å². The van der Waals surface area contributed by atoms with E-state index in [1.165, 1.54) is 18.2 Å². The van der Waals surface area contributed by atoms with Gasteiger partial charge in [0.05, 0.1) is 16.7 Å². The molecule has 0 spiro atoms. The summed E-state index contributed by atoms with van der Waals surface area (Å²) in [5, 5.41) is 10.4. The van der Waals surface area contributed by atoms with Crippen LogP contribution in [0.3, 0.4) is 0 Å². The molecule has 1 heterocycles. The summed E-state index contributed by atoms with van der Waals surface area (Å²) in [6, 6.07) is 4.41. The number of rotatable bonds is 9. The highest BCUT2D eigenvalue weighted by molar-refractivity contribution is 7.91. The third kappa shape index (κ3) is 6.66. The fourth-order valence-corrected chi connectivity index (χ4v) is 4.37. The average molecular weight is 453 g/mol. The number of aromatic nitrogens is 2. The summed E-state index contributed by atoms with van der Waals surface area (Å²) in [6.07, 6.45) is 0.611. The van der Waals surface area contributed by atoms with Crippen LogP contribution in [0.25, 0.3) is 0 Å². The topological polar surface area (TPSA) is 110 Å². The van der Waals surface area contributed by atoms with E-state index in [9.17, 15) is 13.2 Å². The van der Waals surface area contributed by atoms with Crippen molar-refractivity contribution < 1.29 is 17.9 Å². The molecule has 0 bridgehead atoms. The first kappa shape index (κ1) is 22.0. The van der Waals surface area contributed by atoms with E-state index in [1.54, 1.807) is 0 Å². The maximum atomic E-state index is 12.2. The zero-order chi connectivity index (χ0) is 20.0. The fourth-order valence-electron chi connectivity index (χ4n) is 1.87. The molecule has 0 radical (unpaired) electrons. The van der Waals surface area contributed by atoms with Gasteiger partial charge in [0.1, 0.15) is 0 Å². The van der Waals surface area contributed by atoms with Crippen LogP contribution in [0.1, 0.15) is 30.6 Å². The highest BCUT2D eigenvalue weighted by Gasteiger charge is 2.21. The van der Waals surface area contributed by atoms with Crippen LogP contribution >= 0.6 is 34.5 Å². The van der Waals surface area contributed by atoms with E-state index < -0.39 is 15.9 Å². The summed E-state index contributed by atoms with van der Waals surface area (Å²) in [5.41, 5.74) is 0.184. The molecule has 1 amide bonds. The van der Waals surface area contributed by atoms with Crippen molar-refractivity contribution in [1.82, 2.24) is 14.9 Å². The molecule has 0 aliphatic rings. The Hall–Kier alpha value is -1.30. The molecule has 27 heavy (non-hydrogen) atoms. The summed E-state index contributed by atoms with van der Waals surface area (Å²) < 4.78 is 31.9. The maximum absolute atomic E-state index is 12.2. The number of halogens is 2. The lowest BCUT2D eigenvalue weighted by Gasteiger charge is -2.07. The zero-order valence-electron chi connectivity index (χ0n) is 14.5. The van der Waals surface area contributed by atoms with Gasteiger partial charge in [-0.05, 0) is 38.5 Å². The molecule has 0 saturated carbocycles. The molecule has 8 nitrogen and oxygen atoms in total. The molecule has 0 atom stereocenters. The lowest BCUT2D eigenvalue weighted by molar-refractivity contribution is 0.0778. The largest absolute Gasteiger partial charge is 0.379 e. The molecular formula is C15H18Cl2N4O4S2. The molecule has 2 aromatic rings. The van der Waals surface area contributed by atoms with Crippen molar-refractivity contribution in [2.24, 2.45) is 0 Å². The van der Waals surface area contributed by atoms with Crippen molar-refractivity contribution in [3.8, 4) is 0 Å². The molecule has 0 aliphatic heterocycles. The Bertz CT molecular complexity index is 903. The van der Waals surface area contributed by atoms with Crippen LogP contribution in [0.15, 0.2) is 22.5 Å². The van der Waals surface area contributed by atoms with E-state index in [0.29, 0.717) is 18.1 Å². The molecule has 0 fully saturated rings. The molecule has 2 rings (SSSR count). The van der Waals surface area contributed by atoms with Crippen LogP contribution < -0.4 is 10.0 Å². The van der Waals surface area contributed by atoms with E-state index >= 15 is 0 Å². The van der Waals surface area contributed by atoms with Gasteiger partial charge in [-0.15, -0.1) is 10.2 Å². The first-order chi connectivity index (χ1) is 12.7. The standard InChI is InChI=1S/C15H18Cl2N4O4S2/c1-9(2)25-7-3-6-18-27(23,24)15-21-20-14(26-15)19-13(22)11-5-4-10(16)8-12(11)17/h4-5,8-9,18H,3,6-7H2,1-2H3,(H,19,20,22). The summed E-state index contributed by atoms with van der Waals surface area (Å²) in [4.78, 5) is 12.2. The third-order valence-corrected chi connectivity index (χ3v) is 6.31. The maximum Gasteiger partial charge on any atom is 0.269 e. The average Bonchev–Trinajstić information content (AvgIpc) is 3.03. The van der Waals surface area contributed by atoms with Gasteiger partial charge in [-0.3, -0.25) is 10.1 Å². The molecule has 148 valence electrons. The van der Waals surface area contributed by atoms with Gasteiger partial charge in [0.15, 0.2) is 0 Å². The Morgan fingerprint density at radius 2 is 2.04 bits per heavy atom.